The molecule has 8 heteroatoms. The summed E-state index contributed by atoms with van der Waals surface area (Å²) >= 11 is 0. The predicted octanol–water partition coefficient (Wildman–Crippen LogP) is 0.609. The maximum absolute atomic E-state index is 12.0. The highest BCUT2D eigenvalue weighted by Gasteiger charge is 2.36. The number of hydrogen-bond acceptors (Lipinski definition) is 5. The molecule has 1 amide bonds. The van der Waals surface area contributed by atoms with E-state index < -0.39 is 29.4 Å². The Labute approximate surface area is 124 Å². The number of benzene rings is 1. The molecule has 116 valence electrons. The van der Waals surface area contributed by atoms with Crippen molar-refractivity contribution < 1.29 is 34.1 Å². The summed E-state index contributed by atoms with van der Waals surface area (Å²) in [6.45, 7) is 0.0665. The van der Waals surface area contributed by atoms with Gasteiger partial charge in [-0.05, 0) is 18.2 Å². The second-order valence-electron chi connectivity index (χ2n) is 4.77. The van der Waals surface area contributed by atoms with E-state index in [9.17, 15) is 19.2 Å². The third-order valence-corrected chi connectivity index (χ3v) is 3.44. The first kappa shape index (κ1) is 15.5. The summed E-state index contributed by atoms with van der Waals surface area (Å²) in [5, 5.41) is 18.0. The van der Waals surface area contributed by atoms with Gasteiger partial charge in [-0.25, -0.2) is 9.59 Å². The van der Waals surface area contributed by atoms with Crippen LogP contribution in [0.2, 0.25) is 0 Å². The van der Waals surface area contributed by atoms with Crippen molar-refractivity contribution in [3.8, 4) is 0 Å². The molecule has 1 aliphatic rings. The number of rotatable bonds is 4. The lowest BCUT2D eigenvalue weighted by Gasteiger charge is -2.17. The maximum Gasteiger partial charge on any atom is 0.336 e. The topological polar surface area (TPSA) is 121 Å². The number of aromatic carboxylic acids is 2. The van der Waals surface area contributed by atoms with Gasteiger partial charge in [-0.15, -0.1) is 0 Å². The first-order valence-corrected chi connectivity index (χ1v) is 6.34. The van der Waals surface area contributed by atoms with Gasteiger partial charge < -0.3 is 19.8 Å². The molecule has 0 aromatic heterocycles. The summed E-state index contributed by atoms with van der Waals surface area (Å²) in [4.78, 5) is 46.8. The lowest BCUT2D eigenvalue weighted by Crippen LogP contribution is -2.26. The molecule has 0 saturated carbocycles. The summed E-state index contributed by atoms with van der Waals surface area (Å²) in [6, 6.07) is 3.58. The molecule has 1 heterocycles. The van der Waals surface area contributed by atoms with Crippen molar-refractivity contribution in [1.29, 1.82) is 0 Å². The van der Waals surface area contributed by atoms with E-state index in [-0.39, 0.29) is 30.1 Å². The van der Waals surface area contributed by atoms with Gasteiger partial charge in [0.2, 0.25) is 5.91 Å². The number of carboxylic acids is 2. The Balaban J connectivity index is 2.36. The lowest BCUT2D eigenvalue weighted by molar-refractivity contribution is -0.145. The molecule has 1 aliphatic heterocycles. The van der Waals surface area contributed by atoms with Crippen molar-refractivity contribution in [2.24, 2.45) is 5.92 Å². The average Bonchev–Trinajstić information content (AvgIpc) is 2.87. The predicted molar refractivity (Wildman–Crippen MR) is 72.8 cm³/mol. The molecule has 2 rings (SSSR count). The van der Waals surface area contributed by atoms with Gasteiger partial charge in [-0.2, -0.15) is 0 Å². The Hall–Kier alpha value is -2.90. The van der Waals surface area contributed by atoms with Gasteiger partial charge >= 0.3 is 17.9 Å². The number of nitrogens with zero attached hydrogens (tertiary/aromatic N) is 1. The van der Waals surface area contributed by atoms with E-state index in [0.29, 0.717) is 0 Å². The molecule has 1 saturated heterocycles. The van der Waals surface area contributed by atoms with Crippen molar-refractivity contribution in [2.45, 2.75) is 6.42 Å². The number of hydrogen-bond donors (Lipinski definition) is 2. The summed E-state index contributed by atoms with van der Waals surface area (Å²) < 4.78 is 4.59. The fraction of sp³-hybridized carbons (Fsp3) is 0.286. The van der Waals surface area contributed by atoms with Crippen molar-refractivity contribution >= 4 is 29.5 Å². The van der Waals surface area contributed by atoms with Gasteiger partial charge in [0.05, 0.1) is 24.2 Å². The zero-order valence-electron chi connectivity index (χ0n) is 11.6. The van der Waals surface area contributed by atoms with Crippen LogP contribution in [0.5, 0.6) is 0 Å². The van der Waals surface area contributed by atoms with E-state index in [1.54, 1.807) is 0 Å². The van der Waals surface area contributed by atoms with E-state index in [1.165, 1.54) is 18.1 Å². The Morgan fingerprint density at radius 1 is 1.18 bits per heavy atom. The largest absolute Gasteiger partial charge is 0.478 e. The molecule has 1 unspecified atom stereocenters. The van der Waals surface area contributed by atoms with E-state index in [4.69, 9.17) is 10.2 Å². The van der Waals surface area contributed by atoms with Crippen LogP contribution < -0.4 is 4.90 Å². The van der Waals surface area contributed by atoms with Crippen molar-refractivity contribution in [1.82, 2.24) is 0 Å². The van der Waals surface area contributed by atoms with Gasteiger partial charge in [0, 0.05) is 18.7 Å². The fourth-order valence-corrected chi connectivity index (χ4v) is 2.35. The number of anilines is 1. The van der Waals surface area contributed by atoms with Crippen LogP contribution in [-0.4, -0.2) is 47.7 Å². The minimum absolute atomic E-state index is 0.0320. The standard InChI is InChI=1S/C14H13NO7/c1-22-14(21)7-4-11(16)15(6-7)8-2-3-9(12(17)18)10(5-8)13(19)20/h2-3,5,7H,4,6H2,1H3,(H,17,18)(H,19,20). The molecule has 1 fully saturated rings. The monoisotopic (exact) mass is 307 g/mol. The minimum atomic E-state index is -1.41. The number of carbonyl (C=O) groups is 4. The first-order chi connectivity index (χ1) is 10.3. The molecule has 22 heavy (non-hydrogen) atoms. The number of carboxylic acid groups (broad SMARTS) is 2. The van der Waals surface area contributed by atoms with Crippen LogP contribution in [0.3, 0.4) is 0 Å². The van der Waals surface area contributed by atoms with Crippen LogP contribution in [-0.2, 0) is 14.3 Å². The molecule has 1 aromatic rings. The second kappa shape index (κ2) is 5.84. The zero-order valence-corrected chi connectivity index (χ0v) is 11.6. The molecular weight excluding hydrogens is 294 g/mol. The summed E-state index contributed by atoms with van der Waals surface area (Å²) in [5.41, 5.74) is -0.550. The molecule has 0 aliphatic carbocycles. The molecule has 2 N–H and O–H groups in total. The SMILES string of the molecule is COC(=O)C1CC(=O)N(c2ccc(C(=O)O)c(C(=O)O)c2)C1. The Kier molecular flexibility index (Phi) is 4.11. The van der Waals surface area contributed by atoms with Gasteiger partial charge in [0.25, 0.3) is 0 Å². The maximum atomic E-state index is 12.0. The van der Waals surface area contributed by atoms with Gasteiger partial charge in [0.1, 0.15) is 0 Å². The number of carbonyl (C=O) groups excluding carboxylic acids is 2. The Morgan fingerprint density at radius 2 is 1.82 bits per heavy atom. The van der Waals surface area contributed by atoms with E-state index in [0.717, 1.165) is 12.1 Å². The first-order valence-electron chi connectivity index (χ1n) is 6.34. The average molecular weight is 307 g/mol. The van der Waals surface area contributed by atoms with Gasteiger partial charge in [-0.3, -0.25) is 9.59 Å². The molecule has 8 nitrogen and oxygen atoms in total. The zero-order chi connectivity index (χ0) is 16.4. The van der Waals surface area contributed by atoms with E-state index in [2.05, 4.69) is 4.74 Å². The molecule has 1 atom stereocenters. The van der Waals surface area contributed by atoms with Crippen LogP contribution in [0, 0.1) is 5.92 Å². The molecule has 0 bridgehead atoms. The van der Waals surface area contributed by atoms with E-state index >= 15 is 0 Å². The van der Waals surface area contributed by atoms with Crippen LogP contribution in [0.25, 0.3) is 0 Å². The van der Waals surface area contributed by atoms with Crippen LogP contribution >= 0.6 is 0 Å². The minimum Gasteiger partial charge on any atom is -0.478 e. The van der Waals surface area contributed by atoms with E-state index in [1.807, 2.05) is 0 Å². The fourth-order valence-electron chi connectivity index (χ4n) is 2.35. The molecule has 0 spiro atoms. The third-order valence-electron chi connectivity index (χ3n) is 3.44. The Morgan fingerprint density at radius 3 is 2.36 bits per heavy atom. The quantitative estimate of drug-likeness (QED) is 0.781. The van der Waals surface area contributed by atoms with Crippen LogP contribution in [0.1, 0.15) is 27.1 Å². The third kappa shape index (κ3) is 2.76. The molecule has 0 radical (unpaired) electrons. The number of amides is 1. The van der Waals surface area contributed by atoms with Gasteiger partial charge in [-0.1, -0.05) is 0 Å². The number of methoxy groups -OCH3 is 1. The lowest BCUT2D eigenvalue weighted by atomic mass is 10.1. The van der Waals surface area contributed by atoms with Gasteiger partial charge in [0.15, 0.2) is 0 Å². The van der Waals surface area contributed by atoms with Crippen molar-refractivity contribution in [3.05, 3.63) is 29.3 Å². The second-order valence-corrected chi connectivity index (χ2v) is 4.77. The summed E-state index contributed by atoms with van der Waals surface area (Å²) in [6.07, 6.45) is -0.0320. The summed E-state index contributed by atoms with van der Waals surface area (Å²) in [7, 11) is 1.22. The van der Waals surface area contributed by atoms with Crippen molar-refractivity contribution in [2.75, 3.05) is 18.6 Å². The highest BCUT2D eigenvalue weighted by atomic mass is 16.5. The molecular formula is C14H13NO7. The van der Waals surface area contributed by atoms with Crippen LogP contribution in [0.15, 0.2) is 18.2 Å². The number of esters is 1. The highest BCUT2D eigenvalue weighted by molar-refractivity contribution is 6.04. The highest BCUT2D eigenvalue weighted by Crippen LogP contribution is 2.27. The Bertz CT molecular complexity index is 667. The smallest absolute Gasteiger partial charge is 0.336 e. The van der Waals surface area contributed by atoms with Crippen LogP contribution in [0.4, 0.5) is 5.69 Å². The normalized spacial score (nSPS) is 17.4. The summed E-state index contributed by atoms with van der Waals surface area (Å²) in [5.74, 6) is -4.27. The van der Waals surface area contributed by atoms with Crippen molar-refractivity contribution in [3.63, 3.8) is 0 Å². The number of ether oxygens (including phenoxy) is 1. The molecule has 1 aromatic carbocycles.